The lowest BCUT2D eigenvalue weighted by molar-refractivity contribution is -0.118. The second-order valence-electron chi connectivity index (χ2n) is 10.8. The molecule has 3 N–H and O–H groups in total. The molecule has 0 bridgehead atoms. The molecule has 45 heavy (non-hydrogen) atoms. The minimum Gasteiger partial charge on any atom is -0.492 e. The van der Waals surface area contributed by atoms with Crippen LogP contribution in [0.3, 0.4) is 0 Å². The molecule has 0 aliphatic rings. The SMILES string of the molecule is Cc1c(Nc2nccc(-c3c(-c4ccc(F)c(C(C(N)=O)c5cccs5)c4)nn4ccccc34)n2)cccc1OCCN(C)C. The third-order valence-corrected chi connectivity index (χ3v) is 8.41. The van der Waals surface area contributed by atoms with Crippen molar-refractivity contribution in [2.75, 3.05) is 32.6 Å². The van der Waals surface area contributed by atoms with Crippen molar-refractivity contribution in [1.82, 2.24) is 24.5 Å². The maximum absolute atomic E-state index is 15.3. The number of hydrogen-bond acceptors (Lipinski definition) is 8. The van der Waals surface area contributed by atoms with Gasteiger partial charge in [0.25, 0.3) is 0 Å². The summed E-state index contributed by atoms with van der Waals surface area (Å²) in [7, 11) is 4.01. The summed E-state index contributed by atoms with van der Waals surface area (Å²) < 4.78 is 23.0. The van der Waals surface area contributed by atoms with Crippen LogP contribution >= 0.6 is 11.3 Å². The van der Waals surface area contributed by atoms with Crippen LogP contribution in [0.2, 0.25) is 0 Å². The zero-order chi connectivity index (χ0) is 31.5. The Morgan fingerprint density at radius 3 is 2.76 bits per heavy atom. The van der Waals surface area contributed by atoms with Crippen LogP contribution in [0.25, 0.3) is 28.0 Å². The molecule has 2 aromatic carbocycles. The smallest absolute Gasteiger partial charge is 0.230 e. The van der Waals surface area contributed by atoms with Gasteiger partial charge < -0.3 is 20.7 Å². The van der Waals surface area contributed by atoms with Gasteiger partial charge in [-0.25, -0.2) is 18.9 Å². The summed E-state index contributed by atoms with van der Waals surface area (Å²) in [4.78, 5) is 24.6. The van der Waals surface area contributed by atoms with Gasteiger partial charge in [0, 0.05) is 46.2 Å². The normalized spacial score (nSPS) is 12.0. The van der Waals surface area contributed by atoms with Crippen molar-refractivity contribution in [3.8, 4) is 28.3 Å². The Hall–Kier alpha value is -5.13. The first kappa shape index (κ1) is 29.9. The fourth-order valence-corrected chi connectivity index (χ4v) is 6.04. The average Bonchev–Trinajstić information content (AvgIpc) is 3.68. The molecule has 6 rings (SSSR count). The number of nitrogens with one attached hydrogen (secondary N) is 1. The molecule has 1 atom stereocenters. The largest absolute Gasteiger partial charge is 0.492 e. The number of carbonyl (C=O) groups is 1. The summed E-state index contributed by atoms with van der Waals surface area (Å²) >= 11 is 1.36. The number of likely N-dealkylation sites (N-methyl/N-ethyl adjacent to an activating group) is 1. The van der Waals surface area contributed by atoms with Gasteiger partial charge in [-0.15, -0.1) is 11.3 Å². The van der Waals surface area contributed by atoms with Crippen LogP contribution in [-0.2, 0) is 4.79 Å². The topological polar surface area (TPSA) is 111 Å². The van der Waals surface area contributed by atoms with E-state index in [-0.39, 0.29) is 5.56 Å². The second-order valence-corrected chi connectivity index (χ2v) is 11.8. The number of amides is 1. The molecular weight excluding hydrogens is 589 g/mol. The van der Waals surface area contributed by atoms with Crippen LogP contribution in [0, 0.1) is 12.7 Å². The van der Waals surface area contributed by atoms with Crippen LogP contribution in [0.4, 0.5) is 16.0 Å². The Bertz CT molecular complexity index is 1970. The van der Waals surface area contributed by atoms with E-state index < -0.39 is 17.6 Å². The standard InChI is InChI=1S/C34H32FN7O2S/c1-21-25(8-6-10-28(21)44-18-17-41(2)3)38-34-37-15-14-26(39-34)31-27-9-4-5-16-42(27)40-32(31)22-12-13-24(35)23(20-22)30(33(36)43)29-11-7-19-45-29/h4-16,19-20,30H,17-18H2,1-3H3,(H2,36,43)(H,37,38,39). The first-order chi connectivity index (χ1) is 21.8. The summed E-state index contributed by atoms with van der Waals surface area (Å²) in [5.74, 6) is -0.887. The molecule has 0 saturated heterocycles. The first-order valence-electron chi connectivity index (χ1n) is 14.4. The third-order valence-electron chi connectivity index (χ3n) is 7.47. The lowest BCUT2D eigenvalue weighted by Gasteiger charge is -2.15. The highest BCUT2D eigenvalue weighted by atomic mass is 32.1. The number of ether oxygens (including phenoxy) is 1. The van der Waals surface area contributed by atoms with E-state index in [1.54, 1.807) is 28.9 Å². The Kier molecular flexibility index (Phi) is 8.54. The van der Waals surface area contributed by atoms with E-state index in [9.17, 15) is 4.79 Å². The predicted octanol–water partition coefficient (Wildman–Crippen LogP) is 6.27. The van der Waals surface area contributed by atoms with Gasteiger partial charge in [0.1, 0.15) is 23.9 Å². The maximum Gasteiger partial charge on any atom is 0.230 e. The molecule has 228 valence electrons. The van der Waals surface area contributed by atoms with E-state index in [0.29, 0.717) is 34.4 Å². The fourth-order valence-electron chi connectivity index (χ4n) is 5.19. The van der Waals surface area contributed by atoms with Gasteiger partial charge >= 0.3 is 0 Å². The molecule has 11 heteroatoms. The molecule has 4 heterocycles. The van der Waals surface area contributed by atoms with Gasteiger partial charge in [-0.2, -0.15) is 5.10 Å². The predicted molar refractivity (Wildman–Crippen MR) is 175 cm³/mol. The molecule has 0 aliphatic heterocycles. The number of fused-ring (bicyclic) bond motifs is 1. The number of hydrogen-bond donors (Lipinski definition) is 2. The van der Waals surface area contributed by atoms with Crippen molar-refractivity contribution in [2.24, 2.45) is 5.73 Å². The molecule has 6 aromatic rings. The van der Waals surface area contributed by atoms with E-state index in [1.807, 2.05) is 81.1 Å². The fraction of sp³-hybridized carbons (Fsp3) is 0.176. The van der Waals surface area contributed by atoms with E-state index in [0.717, 1.165) is 34.6 Å². The van der Waals surface area contributed by atoms with Crippen molar-refractivity contribution in [2.45, 2.75) is 12.8 Å². The number of nitrogens with two attached hydrogens (primary N) is 1. The van der Waals surface area contributed by atoms with Gasteiger partial charge in [0.05, 0.1) is 22.7 Å². The number of rotatable bonds is 11. The molecule has 1 unspecified atom stereocenters. The van der Waals surface area contributed by atoms with Crippen molar-refractivity contribution in [3.63, 3.8) is 0 Å². The third kappa shape index (κ3) is 6.26. The highest BCUT2D eigenvalue weighted by Crippen LogP contribution is 2.38. The average molecular weight is 622 g/mol. The quantitative estimate of drug-likeness (QED) is 0.176. The minimum absolute atomic E-state index is 0.193. The number of benzene rings is 2. The zero-order valence-corrected chi connectivity index (χ0v) is 25.9. The summed E-state index contributed by atoms with van der Waals surface area (Å²) in [5, 5.41) is 10.0. The Morgan fingerprint density at radius 1 is 1.11 bits per heavy atom. The molecule has 4 aromatic heterocycles. The Labute approximate surface area is 264 Å². The summed E-state index contributed by atoms with van der Waals surface area (Å²) in [6, 6.07) is 21.6. The lowest BCUT2D eigenvalue weighted by Crippen LogP contribution is -2.22. The summed E-state index contributed by atoms with van der Waals surface area (Å²) in [5.41, 5.74) is 11.1. The number of pyridine rings is 1. The van der Waals surface area contributed by atoms with Crippen molar-refractivity contribution in [1.29, 1.82) is 0 Å². The Morgan fingerprint density at radius 2 is 1.98 bits per heavy atom. The van der Waals surface area contributed by atoms with Crippen molar-refractivity contribution in [3.05, 3.63) is 112 Å². The van der Waals surface area contributed by atoms with Crippen molar-refractivity contribution >= 4 is 34.4 Å². The number of aromatic nitrogens is 4. The van der Waals surface area contributed by atoms with Crippen LogP contribution in [-0.4, -0.2) is 57.6 Å². The van der Waals surface area contributed by atoms with Gasteiger partial charge in [-0.3, -0.25) is 4.79 Å². The molecule has 0 spiro atoms. The second kappa shape index (κ2) is 12.8. The molecule has 0 radical (unpaired) electrons. The zero-order valence-electron chi connectivity index (χ0n) is 25.1. The molecule has 0 fully saturated rings. The monoisotopic (exact) mass is 621 g/mol. The van der Waals surface area contributed by atoms with Crippen LogP contribution in [0.15, 0.2) is 90.6 Å². The number of halogens is 1. The highest BCUT2D eigenvalue weighted by Gasteiger charge is 2.26. The summed E-state index contributed by atoms with van der Waals surface area (Å²) in [6.45, 7) is 3.36. The first-order valence-corrected chi connectivity index (χ1v) is 15.3. The van der Waals surface area contributed by atoms with Crippen LogP contribution < -0.4 is 15.8 Å². The maximum atomic E-state index is 15.3. The number of primary amides is 1. The highest BCUT2D eigenvalue weighted by molar-refractivity contribution is 7.10. The van der Waals surface area contributed by atoms with E-state index >= 15 is 4.39 Å². The van der Waals surface area contributed by atoms with Crippen LogP contribution in [0.1, 0.15) is 21.9 Å². The molecule has 1 amide bonds. The molecular formula is C34H32FN7O2S. The van der Waals surface area contributed by atoms with Gasteiger partial charge in [-0.1, -0.05) is 18.2 Å². The molecule has 0 aliphatic carbocycles. The van der Waals surface area contributed by atoms with E-state index in [1.165, 1.54) is 17.4 Å². The van der Waals surface area contributed by atoms with Crippen LogP contribution in [0.5, 0.6) is 5.75 Å². The number of carbonyl (C=O) groups excluding carboxylic acids is 1. The number of thiophene rings is 1. The molecule has 9 nitrogen and oxygen atoms in total. The van der Waals surface area contributed by atoms with Gasteiger partial charge in [0.2, 0.25) is 11.9 Å². The lowest BCUT2D eigenvalue weighted by atomic mass is 9.93. The molecule has 0 saturated carbocycles. The number of nitrogens with zero attached hydrogens (tertiary/aromatic N) is 5. The van der Waals surface area contributed by atoms with E-state index in [2.05, 4.69) is 15.2 Å². The van der Waals surface area contributed by atoms with Gasteiger partial charge in [0.15, 0.2) is 0 Å². The summed E-state index contributed by atoms with van der Waals surface area (Å²) in [6.07, 6.45) is 3.53. The van der Waals surface area contributed by atoms with Gasteiger partial charge in [-0.05, 0) is 81.0 Å². The minimum atomic E-state index is -0.925. The Balaban J connectivity index is 1.40. The van der Waals surface area contributed by atoms with Crippen molar-refractivity contribution < 1.29 is 13.9 Å². The number of anilines is 2. The van der Waals surface area contributed by atoms with E-state index in [4.69, 9.17) is 20.6 Å².